The standard InChI is InChI=1S/C20H29ClN4O3/c1-24(2)16-11-14(12-17(28-3)18(16)21)13-6-9-25(10-7-13)8-4-5-15-19(26)23-20(27)22-15/h11-13,15H,4-10H2,1-3H3,(H2,22,23,26,27)/t15-/m1/s1. The van der Waals surface area contributed by atoms with E-state index in [2.05, 4.69) is 27.7 Å². The molecule has 2 heterocycles. The van der Waals surface area contributed by atoms with Crippen LogP contribution in [0.25, 0.3) is 0 Å². The highest BCUT2D eigenvalue weighted by Gasteiger charge is 2.29. The molecule has 2 N–H and O–H groups in total. The Hall–Kier alpha value is -1.99. The van der Waals surface area contributed by atoms with Gasteiger partial charge < -0.3 is 19.9 Å². The van der Waals surface area contributed by atoms with Crippen molar-refractivity contribution in [1.82, 2.24) is 15.5 Å². The maximum Gasteiger partial charge on any atom is 0.322 e. The van der Waals surface area contributed by atoms with Gasteiger partial charge in [-0.1, -0.05) is 11.6 Å². The Bertz CT molecular complexity index is 732. The second-order valence-electron chi connectivity index (χ2n) is 7.72. The summed E-state index contributed by atoms with van der Waals surface area (Å²) in [5.41, 5.74) is 2.25. The fraction of sp³-hybridized carbons (Fsp3) is 0.600. The van der Waals surface area contributed by atoms with Crippen molar-refractivity contribution in [3.8, 4) is 5.75 Å². The van der Waals surface area contributed by atoms with Crippen LogP contribution < -0.4 is 20.3 Å². The molecule has 0 aromatic heterocycles. The van der Waals surface area contributed by atoms with Crippen molar-refractivity contribution in [3.63, 3.8) is 0 Å². The van der Waals surface area contributed by atoms with Crippen LogP contribution in [-0.2, 0) is 4.79 Å². The van der Waals surface area contributed by atoms with Gasteiger partial charge in [0.15, 0.2) is 0 Å². The van der Waals surface area contributed by atoms with Crippen LogP contribution in [0.15, 0.2) is 12.1 Å². The number of halogens is 1. The third-order valence-electron chi connectivity index (χ3n) is 5.63. The second kappa shape index (κ2) is 9.01. The Kier molecular flexibility index (Phi) is 6.67. The zero-order chi connectivity index (χ0) is 20.3. The van der Waals surface area contributed by atoms with Crippen molar-refractivity contribution in [2.45, 2.75) is 37.6 Å². The second-order valence-corrected chi connectivity index (χ2v) is 8.10. The summed E-state index contributed by atoms with van der Waals surface area (Å²) in [5, 5.41) is 5.58. The molecule has 2 aliphatic heterocycles. The number of anilines is 1. The number of likely N-dealkylation sites (tertiary alicyclic amines) is 1. The number of amides is 3. The van der Waals surface area contributed by atoms with Crippen LogP contribution in [0.4, 0.5) is 10.5 Å². The quantitative estimate of drug-likeness (QED) is 0.678. The molecular weight excluding hydrogens is 380 g/mol. The van der Waals surface area contributed by atoms with Gasteiger partial charge in [-0.25, -0.2) is 4.79 Å². The van der Waals surface area contributed by atoms with Crippen molar-refractivity contribution in [2.75, 3.05) is 45.7 Å². The van der Waals surface area contributed by atoms with E-state index in [4.69, 9.17) is 16.3 Å². The number of benzene rings is 1. The number of carbonyl (C=O) groups is 2. The van der Waals surface area contributed by atoms with Crippen LogP contribution in [0.1, 0.15) is 37.2 Å². The molecule has 1 atom stereocenters. The molecule has 1 aromatic rings. The third-order valence-corrected chi connectivity index (χ3v) is 6.01. The number of piperidine rings is 1. The minimum Gasteiger partial charge on any atom is -0.495 e. The largest absolute Gasteiger partial charge is 0.495 e. The lowest BCUT2D eigenvalue weighted by molar-refractivity contribution is -0.120. The van der Waals surface area contributed by atoms with Gasteiger partial charge in [0.05, 0.1) is 12.8 Å². The van der Waals surface area contributed by atoms with Crippen molar-refractivity contribution < 1.29 is 14.3 Å². The summed E-state index contributed by atoms with van der Waals surface area (Å²) in [6, 6.07) is 3.48. The number of ether oxygens (including phenoxy) is 1. The first-order valence-electron chi connectivity index (χ1n) is 9.77. The SMILES string of the molecule is COc1cc(C2CCN(CCC[C@H]3NC(=O)NC3=O)CC2)cc(N(C)C)c1Cl. The van der Waals surface area contributed by atoms with E-state index in [-0.39, 0.29) is 18.0 Å². The molecule has 0 spiro atoms. The number of hydrogen-bond acceptors (Lipinski definition) is 5. The van der Waals surface area contributed by atoms with Gasteiger partial charge in [0, 0.05) is 14.1 Å². The molecule has 0 saturated carbocycles. The topological polar surface area (TPSA) is 73.9 Å². The Labute approximate surface area is 171 Å². The number of nitrogens with one attached hydrogen (secondary N) is 2. The molecule has 0 aliphatic carbocycles. The summed E-state index contributed by atoms with van der Waals surface area (Å²) in [6.45, 7) is 2.99. The van der Waals surface area contributed by atoms with Gasteiger partial charge in [-0.15, -0.1) is 0 Å². The molecule has 154 valence electrons. The molecule has 0 radical (unpaired) electrons. The Morgan fingerprint density at radius 1 is 1.25 bits per heavy atom. The molecular formula is C20H29ClN4O3. The van der Waals surface area contributed by atoms with Crippen LogP contribution in [0.3, 0.4) is 0 Å². The molecule has 2 aliphatic rings. The number of methoxy groups -OCH3 is 1. The Balaban J connectivity index is 1.52. The van der Waals surface area contributed by atoms with Crippen LogP contribution in [0.2, 0.25) is 5.02 Å². The van der Waals surface area contributed by atoms with Gasteiger partial charge in [-0.05, 0) is 68.9 Å². The number of nitrogens with zero attached hydrogens (tertiary/aromatic N) is 2. The molecule has 3 rings (SSSR count). The van der Waals surface area contributed by atoms with Crippen molar-refractivity contribution in [2.24, 2.45) is 0 Å². The molecule has 28 heavy (non-hydrogen) atoms. The van der Waals surface area contributed by atoms with E-state index in [1.165, 1.54) is 5.56 Å². The van der Waals surface area contributed by atoms with Crippen molar-refractivity contribution in [1.29, 1.82) is 0 Å². The Morgan fingerprint density at radius 2 is 1.96 bits per heavy atom. The third kappa shape index (κ3) is 4.70. The number of hydrogen-bond donors (Lipinski definition) is 2. The van der Waals surface area contributed by atoms with E-state index in [1.54, 1.807) is 7.11 Å². The van der Waals surface area contributed by atoms with E-state index in [1.807, 2.05) is 19.0 Å². The lowest BCUT2D eigenvalue weighted by Gasteiger charge is -2.33. The molecule has 2 fully saturated rings. The first-order chi connectivity index (χ1) is 13.4. The molecule has 8 heteroatoms. The number of urea groups is 1. The predicted molar refractivity (Wildman–Crippen MR) is 110 cm³/mol. The molecule has 0 bridgehead atoms. The average Bonchev–Trinajstić information content (AvgIpc) is 2.99. The number of imide groups is 1. The van der Waals surface area contributed by atoms with Gasteiger partial charge in [-0.2, -0.15) is 0 Å². The van der Waals surface area contributed by atoms with Crippen molar-refractivity contribution in [3.05, 3.63) is 22.7 Å². The zero-order valence-electron chi connectivity index (χ0n) is 16.8. The summed E-state index contributed by atoms with van der Waals surface area (Å²) in [4.78, 5) is 27.2. The zero-order valence-corrected chi connectivity index (χ0v) is 17.5. The highest BCUT2D eigenvalue weighted by molar-refractivity contribution is 6.34. The molecule has 7 nitrogen and oxygen atoms in total. The van der Waals surface area contributed by atoms with E-state index in [0.717, 1.165) is 50.3 Å². The van der Waals surface area contributed by atoms with Crippen LogP contribution >= 0.6 is 11.6 Å². The summed E-state index contributed by atoms with van der Waals surface area (Å²) < 4.78 is 5.47. The average molecular weight is 409 g/mol. The van der Waals surface area contributed by atoms with E-state index < -0.39 is 0 Å². The normalized spacial score (nSPS) is 20.8. The highest BCUT2D eigenvalue weighted by Crippen LogP contribution is 2.39. The van der Waals surface area contributed by atoms with E-state index in [9.17, 15) is 9.59 Å². The minimum atomic E-state index is -0.383. The monoisotopic (exact) mass is 408 g/mol. The lowest BCUT2D eigenvalue weighted by Crippen LogP contribution is -2.35. The molecule has 1 aromatic carbocycles. The van der Waals surface area contributed by atoms with Gasteiger partial charge in [0.25, 0.3) is 5.91 Å². The maximum atomic E-state index is 11.6. The first-order valence-corrected chi connectivity index (χ1v) is 10.1. The number of rotatable bonds is 7. The predicted octanol–water partition coefficient (Wildman–Crippen LogP) is 2.58. The minimum absolute atomic E-state index is 0.211. The van der Waals surface area contributed by atoms with Gasteiger partial charge in [0.1, 0.15) is 16.8 Å². The van der Waals surface area contributed by atoms with Crippen LogP contribution in [0.5, 0.6) is 5.75 Å². The maximum absolute atomic E-state index is 11.6. The smallest absolute Gasteiger partial charge is 0.322 e. The summed E-state index contributed by atoms with van der Waals surface area (Å²) in [7, 11) is 5.63. The van der Waals surface area contributed by atoms with E-state index in [0.29, 0.717) is 17.4 Å². The van der Waals surface area contributed by atoms with E-state index >= 15 is 0 Å². The summed E-state index contributed by atoms with van der Waals surface area (Å²) in [5.74, 6) is 1.00. The summed E-state index contributed by atoms with van der Waals surface area (Å²) in [6.07, 6.45) is 3.73. The van der Waals surface area contributed by atoms with Gasteiger partial charge in [-0.3, -0.25) is 10.1 Å². The number of carbonyl (C=O) groups excluding carboxylic acids is 2. The fourth-order valence-corrected chi connectivity index (χ4v) is 4.34. The van der Waals surface area contributed by atoms with Crippen LogP contribution in [0, 0.1) is 0 Å². The fourth-order valence-electron chi connectivity index (χ4n) is 3.98. The summed E-state index contributed by atoms with van der Waals surface area (Å²) >= 11 is 6.44. The molecule has 0 unspecified atom stereocenters. The Morgan fingerprint density at radius 3 is 2.54 bits per heavy atom. The van der Waals surface area contributed by atoms with Crippen LogP contribution in [-0.4, -0.2) is 63.7 Å². The first kappa shape index (κ1) is 20.7. The van der Waals surface area contributed by atoms with Gasteiger partial charge in [0.2, 0.25) is 0 Å². The highest BCUT2D eigenvalue weighted by atomic mass is 35.5. The molecule has 2 saturated heterocycles. The lowest BCUT2D eigenvalue weighted by atomic mass is 9.88. The molecule has 3 amide bonds. The van der Waals surface area contributed by atoms with Gasteiger partial charge >= 0.3 is 6.03 Å². The van der Waals surface area contributed by atoms with Crippen molar-refractivity contribution >= 4 is 29.2 Å².